The van der Waals surface area contributed by atoms with E-state index < -0.39 is 0 Å². The van der Waals surface area contributed by atoms with Gasteiger partial charge in [-0.15, -0.1) is 0 Å². The number of pyridine rings is 1. The van der Waals surface area contributed by atoms with Crippen LogP contribution in [-0.4, -0.2) is 16.9 Å². The molecular formula is C13H19N3O. The number of nitrogen functional groups attached to an aromatic ring is 1. The molecular weight excluding hydrogens is 214 g/mol. The van der Waals surface area contributed by atoms with Gasteiger partial charge in [-0.2, -0.15) is 0 Å². The van der Waals surface area contributed by atoms with Crippen molar-refractivity contribution in [1.82, 2.24) is 4.98 Å². The van der Waals surface area contributed by atoms with E-state index in [0.717, 1.165) is 6.42 Å². The van der Waals surface area contributed by atoms with E-state index in [1.54, 1.807) is 18.3 Å². The number of ether oxygens (including phenoxy) is 1. The van der Waals surface area contributed by atoms with Gasteiger partial charge in [-0.05, 0) is 31.2 Å². The topological polar surface area (TPSA) is 72.0 Å². The Morgan fingerprint density at radius 3 is 2.94 bits per heavy atom. The molecule has 1 fully saturated rings. The maximum atomic E-state index is 7.39. The van der Waals surface area contributed by atoms with Crippen molar-refractivity contribution >= 4 is 5.84 Å². The summed E-state index contributed by atoms with van der Waals surface area (Å²) >= 11 is 0. The van der Waals surface area contributed by atoms with Gasteiger partial charge in [0.05, 0.1) is 0 Å². The molecule has 1 aliphatic rings. The van der Waals surface area contributed by atoms with Crippen LogP contribution in [0.4, 0.5) is 0 Å². The Balaban J connectivity index is 2.07. The third kappa shape index (κ3) is 2.96. The quantitative estimate of drug-likeness (QED) is 0.621. The molecule has 2 atom stereocenters. The number of hydrogen-bond acceptors (Lipinski definition) is 3. The molecule has 3 N–H and O–H groups in total. The van der Waals surface area contributed by atoms with Crippen LogP contribution < -0.4 is 10.5 Å². The number of nitrogens with two attached hydrogens (primary N) is 1. The Morgan fingerprint density at radius 2 is 2.24 bits per heavy atom. The van der Waals surface area contributed by atoms with Gasteiger partial charge in [0.25, 0.3) is 0 Å². The summed E-state index contributed by atoms with van der Waals surface area (Å²) in [6.45, 7) is 2.22. The normalized spacial score (nSPS) is 24.3. The Bertz CT molecular complexity index is 405. The first-order chi connectivity index (χ1) is 8.16. The van der Waals surface area contributed by atoms with E-state index in [1.165, 1.54) is 19.3 Å². The second-order valence-corrected chi connectivity index (χ2v) is 4.71. The first-order valence-corrected chi connectivity index (χ1v) is 6.14. The molecule has 0 saturated heterocycles. The predicted octanol–water partition coefficient (Wildman–Crippen LogP) is 2.32. The molecule has 4 heteroatoms. The molecule has 1 aromatic heterocycles. The Kier molecular flexibility index (Phi) is 3.61. The fourth-order valence-corrected chi connectivity index (χ4v) is 2.25. The number of nitrogens with one attached hydrogen (secondary N) is 1. The lowest BCUT2D eigenvalue weighted by atomic mass is 9.88. The molecule has 0 radical (unpaired) electrons. The minimum absolute atomic E-state index is 0.0499. The van der Waals surface area contributed by atoms with Gasteiger partial charge in [0, 0.05) is 17.8 Å². The van der Waals surface area contributed by atoms with E-state index >= 15 is 0 Å². The van der Waals surface area contributed by atoms with Gasteiger partial charge >= 0.3 is 0 Å². The molecule has 0 amide bonds. The standard InChI is InChI=1S/C13H19N3O/c1-9-4-2-3-5-11(9)17-12-8-10(13(14)15)6-7-16-12/h6-9,11H,2-5H2,1H3,(H3,14,15). The van der Waals surface area contributed by atoms with Crippen molar-refractivity contribution in [3.8, 4) is 5.88 Å². The third-order valence-corrected chi connectivity index (χ3v) is 3.35. The molecule has 1 saturated carbocycles. The van der Waals surface area contributed by atoms with E-state index in [4.69, 9.17) is 15.9 Å². The van der Waals surface area contributed by atoms with Crippen LogP contribution in [0.25, 0.3) is 0 Å². The second-order valence-electron chi connectivity index (χ2n) is 4.71. The Morgan fingerprint density at radius 1 is 1.47 bits per heavy atom. The van der Waals surface area contributed by atoms with E-state index in [-0.39, 0.29) is 11.9 Å². The van der Waals surface area contributed by atoms with Crippen LogP contribution in [0.15, 0.2) is 18.3 Å². The van der Waals surface area contributed by atoms with Crippen molar-refractivity contribution in [3.05, 3.63) is 23.9 Å². The molecule has 92 valence electrons. The van der Waals surface area contributed by atoms with Crippen LogP contribution in [0, 0.1) is 11.3 Å². The smallest absolute Gasteiger partial charge is 0.214 e. The van der Waals surface area contributed by atoms with Crippen molar-refractivity contribution in [2.24, 2.45) is 11.7 Å². The molecule has 1 aliphatic carbocycles. The maximum Gasteiger partial charge on any atom is 0.214 e. The fourth-order valence-electron chi connectivity index (χ4n) is 2.25. The fraction of sp³-hybridized carbons (Fsp3) is 0.538. The zero-order chi connectivity index (χ0) is 12.3. The van der Waals surface area contributed by atoms with Gasteiger partial charge < -0.3 is 10.5 Å². The first-order valence-electron chi connectivity index (χ1n) is 6.14. The minimum Gasteiger partial charge on any atom is -0.474 e. The van der Waals surface area contributed by atoms with Crippen LogP contribution in [0.2, 0.25) is 0 Å². The van der Waals surface area contributed by atoms with Crippen molar-refractivity contribution in [1.29, 1.82) is 5.41 Å². The number of nitrogens with zero attached hydrogens (tertiary/aromatic N) is 1. The van der Waals surface area contributed by atoms with Gasteiger partial charge in [-0.1, -0.05) is 13.3 Å². The molecule has 17 heavy (non-hydrogen) atoms. The van der Waals surface area contributed by atoms with Crippen LogP contribution in [0.1, 0.15) is 38.2 Å². The lowest BCUT2D eigenvalue weighted by molar-refractivity contribution is 0.0976. The van der Waals surface area contributed by atoms with Gasteiger partial charge in [-0.3, -0.25) is 5.41 Å². The zero-order valence-corrected chi connectivity index (χ0v) is 10.1. The number of rotatable bonds is 3. The summed E-state index contributed by atoms with van der Waals surface area (Å²) in [6, 6.07) is 3.46. The summed E-state index contributed by atoms with van der Waals surface area (Å²) in [5, 5.41) is 7.39. The van der Waals surface area contributed by atoms with Crippen molar-refractivity contribution < 1.29 is 4.74 Å². The molecule has 0 spiro atoms. The van der Waals surface area contributed by atoms with Crippen molar-refractivity contribution in [2.45, 2.75) is 38.7 Å². The number of aromatic nitrogens is 1. The summed E-state index contributed by atoms with van der Waals surface area (Å²) < 4.78 is 5.90. The maximum absolute atomic E-state index is 7.39. The average Bonchev–Trinajstić information content (AvgIpc) is 2.32. The zero-order valence-electron chi connectivity index (χ0n) is 10.1. The van der Waals surface area contributed by atoms with E-state index in [1.807, 2.05) is 0 Å². The molecule has 2 unspecified atom stereocenters. The summed E-state index contributed by atoms with van der Waals surface area (Å²) in [5.74, 6) is 1.21. The second kappa shape index (κ2) is 5.17. The van der Waals surface area contributed by atoms with Gasteiger partial charge in [0.2, 0.25) is 5.88 Å². The van der Waals surface area contributed by atoms with Crippen LogP contribution in [-0.2, 0) is 0 Å². The lowest BCUT2D eigenvalue weighted by Gasteiger charge is -2.28. The highest BCUT2D eigenvalue weighted by molar-refractivity contribution is 5.95. The largest absolute Gasteiger partial charge is 0.474 e. The van der Waals surface area contributed by atoms with Crippen LogP contribution in [0.5, 0.6) is 5.88 Å². The molecule has 0 aliphatic heterocycles. The number of hydrogen-bond donors (Lipinski definition) is 2. The molecule has 1 aromatic rings. The molecule has 0 aromatic carbocycles. The van der Waals surface area contributed by atoms with Crippen LogP contribution in [0.3, 0.4) is 0 Å². The molecule has 2 rings (SSSR count). The summed E-state index contributed by atoms with van der Waals surface area (Å²) in [7, 11) is 0. The minimum atomic E-state index is 0.0499. The van der Waals surface area contributed by atoms with Crippen molar-refractivity contribution in [2.75, 3.05) is 0 Å². The SMILES string of the molecule is CC1CCCCC1Oc1cc(C(=N)N)ccn1. The van der Waals surface area contributed by atoms with Gasteiger partial charge in [0.15, 0.2) is 0 Å². The van der Waals surface area contributed by atoms with E-state index in [9.17, 15) is 0 Å². The van der Waals surface area contributed by atoms with E-state index in [0.29, 0.717) is 17.4 Å². The molecule has 0 bridgehead atoms. The lowest BCUT2D eigenvalue weighted by Crippen LogP contribution is -2.28. The highest BCUT2D eigenvalue weighted by Crippen LogP contribution is 2.27. The highest BCUT2D eigenvalue weighted by atomic mass is 16.5. The van der Waals surface area contributed by atoms with Gasteiger partial charge in [0.1, 0.15) is 11.9 Å². The molecule has 4 nitrogen and oxygen atoms in total. The summed E-state index contributed by atoms with van der Waals surface area (Å²) in [4.78, 5) is 4.18. The number of amidine groups is 1. The average molecular weight is 233 g/mol. The Hall–Kier alpha value is -1.58. The highest BCUT2D eigenvalue weighted by Gasteiger charge is 2.23. The predicted molar refractivity (Wildman–Crippen MR) is 67.3 cm³/mol. The summed E-state index contributed by atoms with van der Waals surface area (Å²) in [6.07, 6.45) is 6.71. The monoisotopic (exact) mass is 233 g/mol. The first kappa shape index (κ1) is 11.9. The molecule has 1 heterocycles. The van der Waals surface area contributed by atoms with Crippen molar-refractivity contribution in [3.63, 3.8) is 0 Å². The van der Waals surface area contributed by atoms with Crippen LogP contribution >= 0.6 is 0 Å². The Labute approximate surface area is 102 Å². The third-order valence-electron chi connectivity index (χ3n) is 3.35. The van der Waals surface area contributed by atoms with E-state index in [2.05, 4.69) is 11.9 Å². The van der Waals surface area contributed by atoms with Gasteiger partial charge in [-0.25, -0.2) is 4.98 Å². The summed E-state index contributed by atoms with van der Waals surface area (Å²) in [5.41, 5.74) is 6.11.